The van der Waals surface area contributed by atoms with Crippen LogP contribution in [0.1, 0.15) is 22.0 Å². The number of rotatable bonds is 4. The molecular formula is C12H15N3S. The highest BCUT2D eigenvalue weighted by Gasteiger charge is 2.00. The molecule has 16 heavy (non-hydrogen) atoms. The van der Waals surface area contributed by atoms with E-state index in [-0.39, 0.29) is 0 Å². The van der Waals surface area contributed by atoms with Crippen LogP contribution in [0.3, 0.4) is 0 Å². The number of nitrogens with one attached hydrogen (secondary N) is 1. The molecule has 2 aromatic heterocycles. The Kier molecular flexibility index (Phi) is 3.64. The lowest BCUT2D eigenvalue weighted by Crippen LogP contribution is -2.14. The molecule has 3 nitrogen and oxygen atoms in total. The fourth-order valence-corrected chi connectivity index (χ4v) is 2.22. The van der Waals surface area contributed by atoms with Crippen molar-refractivity contribution in [2.45, 2.75) is 26.9 Å². The summed E-state index contributed by atoms with van der Waals surface area (Å²) in [7, 11) is 0. The molecule has 84 valence electrons. The van der Waals surface area contributed by atoms with Gasteiger partial charge in [0.25, 0.3) is 0 Å². The van der Waals surface area contributed by atoms with Crippen LogP contribution in [0.5, 0.6) is 0 Å². The molecule has 0 spiro atoms. The third-order valence-corrected chi connectivity index (χ3v) is 3.32. The van der Waals surface area contributed by atoms with Crippen LogP contribution < -0.4 is 5.32 Å². The Morgan fingerprint density at radius 1 is 1.31 bits per heavy atom. The molecule has 0 aromatic carbocycles. The van der Waals surface area contributed by atoms with Gasteiger partial charge in [-0.3, -0.25) is 4.98 Å². The Labute approximate surface area is 99.6 Å². The van der Waals surface area contributed by atoms with Gasteiger partial charge in [-0.1, -0.05) is 6.07 Å². The van der Waals surface area contributed by atoms with Gasteiger partial charge in [0.1, 0.15) is 5.01 Å². The van der Waals surface area contributed by atoms with Crippen molar-refractivity contribution in [3.05, 3.63) is 45.7 Å². The first kappa shape index (κ1) is 11.2. The number of aryl methyl sites for hydroxylation is 2. The first-order valence-electron chi connectivity index (χ1n) is 5.28. The SMILES string of the molecule is Cc1csc(CNCc2ncccc2C)n1. The van der Waals surface area contributed by atoms with Crippen molar-refractivity contribution >= 4 is 11.3 Å². The van der Waals surface area contributed by atoms with Crippen molar-refractivity contribution in [1.29, 1.82) is 0 Å². The van der Waals surface area contributed by atoms with Crippen LogP contribution in [0, 0.1) is 13.8 Å². The third-order valence-electron chi connectivity index (χ3n) is 2.35. The minimum absolute atomic E-state index is 0.797. The van der Waals surface area contributed by atoms with Gasteiger partial charge < -0.3 is 5.32 Å². The predicted molar refractivity (Wildman–Crippen MR) is 66.4 cm³/mol. The van der Waals surface area contributed by atoms with Crippen molar-refractivity contribution in [2.75, 3.05) is 0 Å². The third kappa shape index (κ3) is 2.87. The molecule has 0 fully saturated rings. The summed E-state index contributed by atoms with van der Waals surface area (Å²) in [5.41, 5.74) is 3.43. The first-order chi connectivity index (χ1) is 7.75. The molecule has 0 aliphatic carbocycles. The molecule has 0 bridgehead atoms. The van der Waals surface area contributed by atoms with E-state index in [0.29, 0.717) is 0 Å². The first-order valence-corrected chi connectivity index (χ1v) is 6.16. The van der Waals surface area contributed by atoms with Crippen molar-refractivity contribution in [3.63, 3.8) is 0 Å². The van der Waals surface area contributed by atoms with Crippen molar-refractivity contribution < 1.29 is 0 Å². The van der Waals surface area contributed by atoms with Crippen molar-refractivity contribution in [2.24, 2.45) is 0 Å². The second-order valence-electron chi connectivity index (χ2n) is 3.75. The summed E-state index contributed by atoms with van der Waals surface area (Å²) in [6.07, 6.45) is 1.83. The van der Waals surface area contributed by atoms with Crippen molar-refractivity contribution in [3.8, 4) is 0 Å². The Morgan fingerprint density at radius 3 is 2.88 bits per heavy atom. The number of hydrogen-bond acceptors (Lipinski definition) is 4. The molecule has 0 aliphatic heterocycles. The van der Waals surface area contributed by atoms with Crippen LogP contribution in [-0.4, -0.2) is 9.97 Å². The second kappa shape index (κ2) is 5.18. The fraction of sp³-hybridized carbons (Fsp3) is 0.333. The highest BCUT2D eigenvalue weighted by molar-refractivity contribution is 7.09. The standard InChI is InChI=1S/C12H15N3S/c1-9-4-3-5-14-11(9)6-13-7-12-15-10(2)8-16-12/h3-5,8,13H,6-7H2,1-2H3. The average Bonchev–Trinajstić information content (AvgIpc) is 2.67. The van der Waals surface area contributed by atoms with E-state index in [1.807, 2.05) is 19.2 Å². The maximum absolute atomic E-state index is 4.40. The van der Waals surface area contributed by atoms with Gasteiger partial charge in [0.15, 0.2) is 0 Å². The predicted octanol–water partition coefficient (Wildman–Crippen LogP) is 2.44. The van der Waals surface area contributed by atoms with E-state index in [0.717, 1.165) is 29.5 Å². The Bertz CT molecular complexity index is 465. The van der Waals surface area contributed by atoms with Gasteiger partial charge in [0, 0.05) is 30.4 Å². The van der Waals surface area contributed by atoms with Crippen molar-refractivity contribution in [1.82, 2.24) is 15.3 Å². The molecule has 0 unspecified atom stereocenters. The van der Waals surface area contributed by atoms with Crippen LogP contribution in [0.4, 0.5) is 0 Å². The lowest BCUT2D eigenvalue weighted by Gasteiger charge is -2.04. The number of thiazole rings is 1. The number of hydrogen-bond donors (Lipinski definition) is 1. The lowest BCUT2D eigenvalue weighted by molar-refractivity contribution is 0.672. The summed E-state index contributed by atoms with van der Waals surface area (Å²) in [5, 5.41) is 6.56. The van der Waals surface area contributed by atoms with E-state index >= 15 is 0 Å². The van der Waals surface area contributed by atoms with Gasteiger partial charge in [-0.2, -0.15) is 0 Å². The maximum Gasteiger partial charge on any atom is 0.107 e. The highest BCUT2D eigenvalue weighted by Crippen LogP contribution is 2.08. The molecule has 0 atom stereocenters. The molecule has 1 N–H and O–H groups in total. The zero-order chi connectivity index (χ0) is 11.4. The zero-order valence-electron chi connectivity index (χ0n) is 9.53. The van der Waals surface area contributed by atoms with E-state index in [1.54, 1.807) is 11.3 Å². The molecule has 2 heterocycles. The lowest BCUT2D eigenvalue weighted by atomic mass is 10.2. The minimum atomic E-state index is 0.797. The molecule has 0 saturated carbocycles. The van der Waals surface area contributed by atoms with Gasteiger partial charge in [-0.15, -0.1) is 11.3 Å². The zero-order valence-corrected chi connectivity index (χ0v) is 10.3. The average molecular weight is 233 g/mol. The van der Waals surface area contributed by atoms with E-state index in [4.69, 9.17) is 0 Å². The number of nitrogens with zero attached hydrogens (tertiary/aromatic N) is 2. The molecule has 2 rings (SSSR count). The molecule has 4 heteroatoms. The molecule has 0 aliphatic rings. The highest BCUT2D eigenvalue weighted by atomic mass is 32.1. The van der Waals surface area contributed by atoms with Gasteiger partial charge in [0.05, 0.1) is 5.69 Å². The summed E-state index contributed by atoms with van der Waals surface area (Å²) in [6, 6.07) is 4.04. The van der Waals surface area contributed by atoms with E-state index in [1.165, 1.54) is 5.56 Å². The number of pyridine rings is 1. The van der Waals surface area contributed by atoms with Crippen LogP contribution in [0.2, 0.25) is 0 Å². The quantitative estimate of drug-likeness (QED) is 0.881. The minimum Gasteiger partial charge on any atom is -0.305 e. The molecule has 2 aromatic rings. The molecule has 0 radical (unpaired) electrons. The van der Waals surface area contributed by atoms with Crippen LogP contribution in [0.15, 0.2) is 23.7 Å². The fourth-order valence-electron chi connectivity index (χ4n) is 1.48. The van der Waals surface area contributed by atoms with Gasteiger partial charge in [0.2, 0.25) is 0 Å². The normalized spacial score (nSPS) is 10.6. The van der Waals surface area contributed by atoms with E-state index < -0.39 is 0 Å². The summed E-state index contributed by atoms with van der Waals surface area (Å²) in [4.78, 5) is 8.74. The van der Waals surface area contributed by atoms with E-state index in [2.05, 4.69) is 33.7 Å². The molecule has 0 saturated heterocycles. The Hall–Kier alpha value is -1.26. The largest absolute Gasteiger partial charge is 0.305 e. The Morgan fingerprint density at radius 2 is 2.19 bits per heavy atom. The molecular weight excluding hydrogens is 218 g/mol. The maximum atomic E-state index is 4.40. The topological polar surface area (TPSA) is 37.8 Å². The van der Waals surface area contributed by atoms with Crippen LogP contribution in [0.25, 0.3) is 0 Å². The molecule has 0 amide bonds. The second-order valence-corrected chi connectivity index (χ2v) is 4.70. The number of aromatic nitrogens is 2. The van der Waals surface area contributed by atoms with Gasteiger partial charge in [-0.05, 0) is 25.5 Å². The summed E-state index contributed by atoms with van der Waals surface area (Å²) >= 11 is 1.69. The monoisotopic (exact) mass is 233 g/mol. The summed E-state index contributed by atoms with van der Waals surface area (Å²) in [6.45, 7) is 5.71. The van der Waals surface area contributed by atoms with Crippen LogP contribution >= 0.6 is 11.3 Å². The van der Waals surface area contributed by atoms with Gasteiger partial charge >= 0.3 is 0 Å². The van der Waals surface area contributed by atoms with Gasteiger partial charge in [-0.25, -0.2) is 4.98 Å². The summed E-state index contributed by atoms with van der Waals surface area (Å²) < 4.78 is 0. The Balaban J connectivity index is 1.87. The van der Waals surface area contributed by atoms with Crippen LogP contribution in [-0.2, 0) is 13.1 Å². The smallest absolute Gasteiger partial charge is 0.107 e. The van der Waals surface area contributed by atoms with E-state index in [9.17, 15) is 0 Å². The summed E-state index contributed by atoms with van der Waals surface area (Å²) in [5.74, 6) is 0.